The van der Waals surface area contributed by atoms with Gasteiger partial charge in [-0.2, -0.15) is 4.98 Å². The average Bonchev–Trinajstić information content (AvgIpc) is 2.74. The van der Waals surface area contributed by atoms with Gasteiger partial charge in [0.1, 0.15) is 11.6 Å². The lowest BCUT2D eigenvalue weighted by molar-refractivity contribution is 0.438. The number of nitrogens with zero attached hydrogens (tertiary/aromatic N) is 3. The molecule has 2 aromatic rings. The van der Waals surface area contributed by atoms with Crippen molar-refractivity contribution in [2.45, 2.75) is 26.7 Å². The van der Waals surface area contributed by atoms with Crippen molar-refractivity contribution < 1.29 is 4.74 Å². The van der Waals surface area contributed by atoms with E-state index in [-0.39, 0.29) is 5.92 Å². The summed E-state index contributed by atoms with van der Waals surface area (Å²) in [5, 5.41) is 9.83. The van der Waals surface area contributed by atoms with Crippen LogP contribution in [-0.4, -0.2) is 27.2 Å². The molecule has 96 valence electrons. The molecule has 2 aromatic heterocycles. The van der Waals surface area contributed by atoms with Crippen LogP contribution in [0.4, 0.5) is 5.82 Å². The highest BCUT2D eigenvalue weighted by molar-refractivity contribution is 5.39. The largest absolute Gasteiger partial charge is 0.419 e. The summed E-state index contributed by atoms with van der Waals surface area (Å²) in [5.41, 5.74) is 0.942. The number of hydrogen-bond acceptors (Lipinski definition) is 5. The fourth-order valence-corrected chi connectivity index (χ4v) is 1.43. The molecule has 0 aliphatic carbocycles. The van der Waals surface area contributed by atoms with Gasteiger partial charge in [0.15, 0.2) is 0 Å². The molecule has 0 spiro atoms. The van der Waals surface area contributed by atoms with E-state index in [2.05, 4.69) is 25.5 Å². The lowest BCUT2D eigenvalue weighted by Gasteiger charge is -2.09. The maximum atomic E-state index is 5.60. The third-order valence-electron chi connectivity index (χ3n) is 2.38. The quantitative estimate of drug-likeness (QED) is 0.868. The van der Waals surface area contributed by atoms with Gasteiger partial charge in [0.2, 0.25) is 11.8 Å². The third-order valence-corrected chi connectivity index (χ3v) is 2.38. The molecule has 18 heavy (non-hydrogen) atoms. The predicted molar refractivity (Wildman–Crippen MR) is 69.1 cm³/mol. The van der Waals surface area contributed by atoms with E-state index >= 15 is 0 Å². The SMILES string of the molecule is CNc1cc(Oc2cc(C)[nH]n2)nc(C(C)C)n1. The van der Waals surface area contributed by atoms with E-state index in [4.69, 9.17) is 4.74 Å². The Labute approximate surface area is 106 Å². The lowest BCUT2D eigenvalue weighted by Crippen LogP contribution is -2.03. The number of nitrogens with one attached hydrogen (secondary N) is 2. The zero-order valence-corrected chi connectivity index (χ0v) is 11.0. The van der Waals surface area contributed by atoms with Crippen LogP contribution in [0.25, 0.3) is 0 Å². The molecule has 0 unspecified atom stereocenters. The van der Waals surface area contributed by atoms with Gasteiger partial charge in [-0.15, -0.1) is 5.10 Å². The van der Waals surface area contributed by atoms with Crippen LogP contribution in [0.1, 0.15) is 31.3 Å². The minimum absolute atomic E-state index is 0.238. The van der Waals surface area contributed by atoms with Crippen molar-refractivity contribution in [1.82, 2.24) is 20.2 Å². The Hall–Kier alpha value is -2.11. The van der Waals surface area contributed by atoms with Crippen molar-refractivity contribution in [2.24, 2.45) is 0 Å². The van der Waals surface area contributed by atoms with Crippen molar-refractivity contribution in [3.8, 4) is 11.8 Å². The summed E-state index contributed by atoms with van der Waals surface area (Å²) >= 11 is 0. The van der Waals surface area contributed by atoms with Gasteiger partial charge in [-0.05, 0) is 6.92 Å². The van der Waals surface area contributed by atoms with E-state index in [0.29, 0.717) is 11.8 Å². The lowest BCUT2D eigenvalue weighted by atomic mass is 10.2. The maximum absolute atomic E-state index is 5.60. The van der Waals surface area contributed by atoms with Crippen molar-refractivity contribution in [3.05, 3.63) is 23.7 Å². The second-order valence-corrected chi connectivity index (χ2v) is 4.35. The molecule has 0 saturated carbocycles. The van der Waals surface area contributed by atoms with Gasteiger partial charge >= 0.3 is 0 Å². The van der Waals surface area contributed by atoms with Gasteiger partial charge in [-0.1, -0.05) is 13.8 Å². The number of ether oxygens (including phenoxy) is 1. The maximum Gasteiger partial charge on any atom is 0.240 e. The van der Waals surface area contributed by atoms with E-state index in [1.54, 1.807) is 6.07 Å². The van der Waals surface area contributed by atoms with Gasteiger partial charge in [0.25, 0.3) is 0 Å². The highest BCUT2D eigenvalue weighted by Crippen LogP contribution is 2.22. The van der Waals surface area contributed by atoms with E-state index in [9.17, 15) is 0 Å². The molecule has 0 radical (unpaired) electrons. The molecule has 2 rings (SSSR count). The summed E-state index contributed by atoms with van der Waals surface area (Å²) in [6.07, 6.45) is 0. The Bertz CT molecular complexity index is 535. The van der Waals surface area contributed by atoms with Crippen molar-refractivity contribution >= 4 is 5.82 Å². The minimum Gasteiger partial charge on any atom is -0.419 e. The van der Waals surface area contributed by atoms with E-state index in [1.165, 1.54) is 0 Å². The summed E-state index contributed by atoms with van der Waals surface area (Å²) in [7, 11) is 1.81. The first-order valence-corrected chi connectivity index (χ1v) is 5.85. The van der Waals surface area contributed by atoms with Gasteiger partial charge in [-0.25, -0.2) is 4.98 Å². The Morgan fingerprint density at radius 1 is 1.22 bits per heavy atom. The molecule has 2 N–H and O–H groups in total. The fraction of sp³-hybridized carbons (Fsp3) is 0.417. The molecule has 0 bridgehead atoms. The van der Waals surface area contributed by atoms with Gasteiger partial charge < -0.3 is 10.1 Å². The molecule has 6 nitrogen and oxygen atoms in total. The summed E-state index contributed by atoms with van der Waals surface area (Å²) in [6.45, 7) is 5.99. The number of anilines is 1. The van der Waals surface area contributed by atoms with Crippen LogP contribution < -0.4 is 10.1 Å². The summed E-state index contributed by atoms with van der Waals surface area (Å²) in [6, 6.07) is 3.56. The van der Waals surface area contributed by atoms with Gasteiger partial charge in [0, 0.05) is 30.8 Å². The smallest absolute Gasteiger partial charge is 0.240 e. The first-order valence-electron chi connectivity index (χ1n) is 5.85. The van der Waals surface area contributed by atoms with Gasteiger partial charge in [0.05, 0.1) is 0 Å². The average molecular weight is 247 g/mol. The van der Waals surface area contributed by atoms with Crippen LogP contribution in [0.2, 0.25) is 0 Å². The van der Waals surface area contributed by atoms with Crippen LogP contribution in [0, 0.1) is 6.92 Å². The monoisotopic (exact) mass is 247 g/mol. The third kappa shape index (κ3) is 2.77. The predicted octanol–water partition coefficient (Wildman–Crippen LogP) is 2.47. The zero-order chi connectivity index (χ0) is 13.1. The van der Waals surface area contributed by atoms with E-state index < -0.39 is 0 Å². The molecular weight excluding hydrogens is 230 g/mol. The van der Waals surface area contributed by atoms with Crippen LogP contribution in [0.15, 0.2) is 12.1 Å². The summed E-state index contributed by atoms with van der Waals surface area (Å²) in [4.78, 5) is 8.73. The molecular formula is C12H17N5O. The topological polar surface area (TPSA) is 75.7 Å². The zero-order valence-electron chi connectivity index (χ0n) is 11.0. The van der Waals surface area contributed by atoms with Crippen LogP contribution in [0.5, 0.6) is 11.8 Å². The highest BCUT2D eigenvalue weighted by Gasteiger charge is 2.10. The Kier molecular flexibility index (Phi) is 3.45. The molecule has 0 aliphatic rings. The molecule has 0 fully saturated rings. The first-order chi connectivity index (χ1) is 8.58. The molecule has 2 heterocycles. The number of aromatic amines is 1. The first kappa shape index (κ1) is 12.3. The van der Waals surface area contributed by atoms with Crippen molar-refractivity contribution in [3.63, 3.8) is 0 Å². The van der Waals surface area contributed by atoms with Crippen LogP contribution in [-0.2, 0) is 0 Å². The molecule has 0 atom stereocenters. The number of aryl methyl sites for hydroxylation is 1. The number of H-pyrrole nitrogens is 1. The molecule has 0 saturated heterocycles. The van der Waals surface area contributed by atoms with E-state index in [1.807, 2.05) is 33.9 Å². The number of rotatable bonds is 4. The number of aromatic nitrogens is 4. The highest BCUT2D eigenvalue weighted by atomic mass is 16.5. The van der Waals surface area contributed by atoms with Gasteiger partial charge in [-0.3, -0.25) is 5.10 Å². The standard InChI is InChI=1S/C12H17N5O/c1-7(2)12-14-9(13-4)6-10(15-12)18-11-5-8(3)16-17-11/h5-7H,1-4H3,(H,16,17)(H,13,14,15). The minimum atomic E-state index is 0.238. The Morgan fingerprint density at radius 2 is 2.00 bits per heavy atom. The molecule has 0 aromatic carbocycles. The Morgan fingerprint density at radius 3 is 2.56 bits per heavy atom. The van der Waals surface area contributed by atoms with Crippen molar-refractivity contribution in [1.29, 1.82) is 0 Å². The van der Waals surface area contributed by atoms with Crippen LogP contribution in [0.3, 0.4) is 0 Å². The van der Waals surface area contributed by atoms with Crippen LogP contribution >= 0.6 is 0 Å². The van der Waals surface area contributed by atoms with Crippen molar-refractivity contribution in [2.75, 3.05) is 12.4 Å². The molecule has 6 heteroatoms. The second kappa shape index (κ2) is 5.03. The summed E-state index contributed by atoms with van der Waals surface area (Å²) in [5.74, 6) is 2.70. The normalized spacial score (nSPS) is 10.7. The molecule has 0 aliphatic heterocycles. The molecule has 0 amide bonds. The number of hydrogen-bond donors (Lipinski definition) is 2. The summed E-state index contributed by atoms with van der Waals surface area (Å²) < 4.78 is 5.60. The fourth-order valence-electron chi connectivity index (χ4n) is 1.43. The Balaban J connectivity index is 2.29. The van der Waals surface area contributed by atoms with E-state index in [0.717, 1.165) is 17.3 Å². The second-order valence-electron chi connectivity index (χ2n) is 4.35.